The van der Waals surface area contributed by atoms with Crippen molar-refractivity contribution in [2.45, 2.75) is 103 Å². The lowest BCUT2D eigenvalue weighted by Crippen LogP contribution is -2.13. The maximum atomic E-state index is 14.9. The molecular weight excluding hydrogens is 596 g/mol. The second kappa shape index (κ2) is 15.1. The monoisotopic (exact) mass is 642 g/mol. The summed E-state index contributed by atoms with van der Waals surface area (Å²) in [6, 6.07) is 19.9. The Morgan fingerprint density at radius 3 is 1.26 bits per heavy atom. The molecule has 4 aromatic rings. The van der Waals surface area contributed by atoms with E-state index >= 15 is 0 Å². The van der Waals surface area contributed by atoms with Gasteiger partial charge in [0, 0.05) is 25.0 Å². The minimum atomic E-state index is -0.606. The largest absolute Gasteiger partial charge is 0.457 e. The molecule has 2 saturated carbocycles. The van der Waals surface area contributed by atoms with Crippen molar-refractivity contribution in [2.24, 2.45) is 11.8 Å². The van der Waals surface area contributed by atoms with Gasteiger partial charge in [0.15, 0.2) is 0 Å². The lowest BCUT2D eigenvalue weighted by atomic mass is 9.77. The summed E-state index contributed by atoms with van der Waals surface area (Å²) in [7, 11) is 0. The zero-order valence-electron chi connectivity index (χ0n) is 27.6. The second-order valence-electron chi connectivity index (χ2n) is 13.9. The molecule has 0 atom stereocenters. The number of benzene rings is 4. The van der Waals surface area contributed by atoms with Crippen molar-refractivity contribution in [3.8, 4) is 11.5 Å². The van der Waals surface area contributed by atoms with Crippen LogP contribution in [0.1, 0.15) is 123 Å². The Balaban J connectivity index is 1.35. The topological polar surface area (TPSA) is 9.23 Å². The minimum Gasteiger partial charge on any atom is -0.457 e. The van der Waals surface area contributed by atoms with Gasteiger partial charge >= 0.3 is 0 Å². The van der Waals surface area contributed by atoms with E-state index in [0.717, 1.165) is 60.8 Å². The first-order valence-corrected chi connectivity index (χ1v) is 17.6. The zero-order chi connectivity index (χ0) is 32.9. The van der Waals surface area contributed by atoms with Crippen molar-refractivity contribution in [2.75, 3.05) is 0 Å². The van der Waals surface area contributed by atoms with Gasteiger partial charge in [0.25, 0.3) is 0 Å². The first-order valence-electron chi connectivity index (χ1n) is 17.6. The third-order valence-corrected chi connectivity index (χ3v) is 11.0. The normalized spacial score (nSPS) is 21.5. The lowest BCUT2D eigenvalue weighted by Gasteiger charge is -2.29. The molecule has 2 aliphatic carbocycles. The molecule has 0 heterocycles. The Labute approximate surface area is 277 Å². The zero-order valence-corrected chi connectivity index (χ0v) is 27.6. The van der Waals surface area contributed by atoms with E-state index in [1.165, 1.54) is 73.9 Å². The highest BCUT2D eigenvalue weighted by Crippen LogP contribution is 2.42. The summed E-state index contributed by atoms with van der Waals surface area (Å²) in [6.45, 7) is 4.52. The molecule has 2 aliphatic rings. The number of ether oxygens (including phenoxy) is 1. The summed E-state index contributed by atoms with van der Waals surface area (Å²) in [4.78, 5) is 0. The van der Waals surface area contributed by atoms with Gasteiger partial charge in [0.05, 0.1) is 0 Å². The summed E-state index contributed by atoms with van der Waals surface area (Å²) >= 11 is 0. The predicted molar refractivity (Wildman–Crippen MR) is 181 cm³/mol. The Bertz CT molecular complexity index is 1540. The highest BCUT2D eigenvalue weighted by molar-refractivity contribution is 5.48. The molecular formula is C42H46F4O. The average Bonchev–Trinajstić information content (AvgIpc) is 3.08. The molecule has 1 nitrogen and oxygen atoms in total. The lowest BCUT2D eigenvalue weighted by molar-refractivity contribution is 0.318. The molecule has 47 heavy (non-hydrogen) atoms. The van der Waals surface area contributed by atoms with E-state index in [0.29, 0.717) is 34.5 Å². The van der Waals surface area contributed by atoms with Crippen LogP contribution in [-0.2, 0) is 12.8 Å². The summed E-state index contributed by atoms with van der Waals surface area (Å²) in [5, 5.41) is 0. The quantitative estimate of drug-likeness (QED) is 0.156. The van der Waals surface area contributed by atoms with Crippen LogP contribution in [0, 0.1) is 35.1 Å². The van der Waals surface area contributed by atoms with Crippen molar-refractivity contribution in [1.82, 2.24) is 0 Å². The smallest absolute Gasteiger partial charge is 0.130 e. The molecule has 2 fully saturated rings. The van der Waals surface area contributed by atoms with Crippen LogP contribution in [0.15, 0.2) is 72.8 Å². The molecule has 0 spiro atoms. The van der Waals surface area contributed by atoms with E-state index in [1.807, 2.05) is 12.1 Å². The fourth-order valence-corrected chi connectivity index (χ4v) is 7.85. The van der Waals surface area contributed by atoms with Gasteiger partial charge in [0.1, 0.15) is 34.8 Å². The van der Waals surface area contributed by atoms with E-state index < -0.39 is 23.3 Å². The van der Waals surface area contributed by atoms with Crippen LogP contribution in [0.25, 0.3) is 0 Å². The standard InChI is InChI=1S/C42H46F4O/c1-3-27-5-9-29(10-6-27)31-15-19-41(35(21-31)23-33-13-17-37(43)25-39(33)45)47-42-20-16-32(30-11-7-28(4-2)8-12-30)22-36(42)24-34-14-18-38(44)26-40(34)46/h13-22,25-30H,3-12,23-24H2,1-2H3. The number of rotatable bonds is 10. The number of hydrogen-bond donors (Lipinski definition) is 0. The van der Waals surface area contributed by atoms with Crippen LogP contribution >= 0.6 is 0 Å². The molecule has 0 radical (unpaired) electrons. The Kier molecular flexibility index (Phi) is 10.7. The maximum absolute atomic E-state index is 14.9. The van der Waals surface area contributed by atoms with Gasteiger partial charge in [-0.15, -0.1) is 0 Å². The molecule has 0 aromatic heterocycles. The van der Waals surface area contributed by atoms with Crippen molar-refractivity contribution in [3.05, 3.63) is 129 Å². The van der Waals surface area contributed by atoms with E-state index in [9.17, 15) is 17.6 Å². The molecule has 0 amide bonds. The third kappa shape index (κ3) is 8.11. The van der Waals surface area contributed by atoms with E-state index in [4.69, 9.17) is 4.74 Å². The number of halogens is 4. The molecule has 5 heteroatoms. The Hall–Kier alpha value is -3.60. The van der Waals surface area contributed by atoms with Crippen molar-refractivity contribution >= 4 is 0 Å². The maximum Gasteiger partial charge on any atom is 0.130 e. The molecule has 0 bridgehead atoms. The van der Waals surface area contributed by atoms with Crippen molar-refractivity contribution in [3.63, 3.8) is 0 Å². The van der Waals surface area contributed by atoms with Crippen LogP contribution < -0.4 is 4.74 Å². The molecule has 0 aliphatic heterocycles. The van der Waals surface area contributed by atoms with Crippen LogP contribution in [0.3, 0.4) is 0 Å². The second-order valence-corrected chi connectivity index (χ2v) is 13.9. The van der Waals surface area contributed by atoms with E-state index in [1.54, 1.807) is 0 Å². The molecule has 0 N–H and O–H groups in total. The fourth-order valence-electron chi connectivity index (χ4n) is 7.85. The highest BCUT2D eigenvalue weighted by Gasteiger charge is 2.25. The first-order chi connectivity index (χ1) is 22.8. The molecule has 4 aromatic carbocycles. The van der Waals surface area contributed by atoms with Crippen LogP contribution in [-0.4, -0.2) is 0 Å². The van der Waals surface area contributed by atoms with Crippen LogP contribution in [0.5, 0.6) is 11.5 Å². The van der Waals surface area contributed by atoms with Gasteiger partial charge in [-0.3, -0.25) is 0 Å². The van der Waals surface area contributed by atoms with Crippen molar-refractivity contribution in [1.29, 1.82) is 0 Å². The van der Waals surface area contributed by atoms with Crippen molar-refractivity contribution < 1.29 is 22.3 Å². The average molecular weight is 643 g/mol. The van der Waals surface area contributed by atoms with Gasteiger partial charge in [-0.1, -0.05) is 63.1 Å². The predicted octanol–water partition coefficient (Wildman–Crippen LogP) is 12.6. The van der Waals surface area contributed by atoms with Gasteiger partial charge < -0.3 is 4.74 Å². The molecule has 0 saturated heterocycles. The fraction of sp³-hybridized carbons (Fsp3) is 0.429. The van der Waals surface area contributed by atoms with Crippen LogP contribution in [0.2, 0.25) is 0 Å². The van der Waals surface area contributed by atoms with Gasteiger partial charge in [-0.25, -0.2) is 17.6 Å². The molecule has 248 valence electrons. The minimum absolute atomic E-state index is 0.250. The summed E-state index contributed by atoms with van der Waals surface area (Å²) in [5.41, 5.74) is 4.88. The van der Waals surface area contributed by atoms with Gasteiger partial charge in [-0.2, -0.15) is 0 Å². The highest BCUT2D eigenvalue weighted by atomic mass is 19.1. The molecule has 0 unspecified atom stereocenters. The first kappa shape index (κ1) is 33.3. The third-order valence-electron chi connectivity index (χ3n) is 11.0. The van der Waals surface area contributed by atoms with Gasteiger partial charge in [0.2, 0.25) is 0 Å². The summed E-state index contributed by atoms with van der Waals surface area (Å²) in [6.07, 6.45) is 12.2. The molecule has 6 rings (SSSR count). The van der Waals surface area contributed by atoms with Gasteiger partial charge in [-0.05, 0) is 133 Å². The van der Waals surface area contributed by atoms with E-state index in [2.05, 4.69) is 38.1 Å². The van der Waals surface area contributed by atoms with E-state index in [-0.39, 0.29) is 12.8 Å². The summed E-state index contributed by atoms with van der Waals surface area (Å²) < 4.78 is 64.1. The number of hydrogen-bond acceptors (Lipinski definition) is 1. The van der Waals surface area contributed by atoms with Crippen LogP contribution in [0.4, 0.5) is 17.6 Å². The summed E-state index contributed by atoms with van der Waals surface area (Å²) in [5.74, 6) is 1.22. The SMILES string of the molecule is CCC1CCC(c2ccc(Oc3ccc(C4CCC(CC)CC4)cc3Cc3ccc(F)cc3F)c(Cc3ccc(F)cc3F)c2)CC1. The Morgan fingerprint density at radius 1 is 0.489 bits per heavy atom. The Morgan fingerprint density at radius 2 is 0.894 bits per heavy atom.